The number of anilines is 1. The molecule has 1 amide bonds. The molecule has 0 saturated carbocycles. The minimum absolute atomic E-state index is 0.214. The van der Waals surface area contributed by atoms with Gasteiger partial charge in [-0.1, -0.05) is 0 Å². The van der Waals surface area contributed by atoms with Gasteiger partial charge in [-0.15, -0.1) is 0 Å². The molecule has 1 saturated heterocycles. The molecule has 0 radical (unpaired) electrons. The molecule has 0 atom stereocenters. The first-order valence-corrected chi connectivity index (χ1v) is 14.4. The summed E-state index contributed by atoms with van der Waals surface area (Å²) in [5.41, 5.74) is 0.451. The number of nitrogens with zero attached hydrogens (tertiary/aromatic N) is 1. The number of amides is 1. The summed E-state index contributed by atoms with van der Waals surface area (Å²) in [6.07, 6.45) is 2.37. The molecule has 0 unspecified atom stereocenters. The molecule has 1 fully saturated rings. The average molecular weight is 499 g/mol. The molecule has 1 aliphatic rings. The van der Waals surface area contributed by atoms with E-state index in [2.05, 4.69) is 23.9 Å². The monoisotopic (exact) mass is 499 g/mol. The van der Waals surface area contributed by atoms with E-state index >= 15 is 0 Å². The number of rotatable bonds is 4. The molecule has 1 N–H and O–H groups in total. The van der Waals surface area contributed by atoms with Gasteiger partial charge < -0.3 is 0 Å². The summed E-state index contributed by atoms with van der Waals surface area (Å²) in [4.78, 5) is 14.7. The predicted octanol–water partition coefficient (Wildman–Crippen LogP) is 0.307. The topological polar surface area (TPSA) is 32.3 Å². The molecule has 5 heteroatoms. The van der Waals surface area contributed by atoms with E-state index < -0.39 is 5.54 Å². The van der Waals surface area contributed by atoms with E-state index in [9.17, 15) is 4.79 Å². The molecule has 20 heavy (non-hydrogen) atoms. The normalized spacial score (nSPS) is 17.2. The first-order chi connectivity index (χ1) is 9.53. The summed E-state index contributed by atoms with van der Waals surface area (Å²) in [7, 11) is 0. The molecule has 0 aliphatic carbocycles. The Bertz CT molecular complexity index is 442. The van der Waals surface area contributed by atoms with E-state index in [1.54, 1.807) is 0 Å². The molecule has 0 aromatic heterocycles. The first-order valence-electron chi connectivity index (χ1n) is 6.90. The van der Waals surface area contributed by atoms with Crippen LogP contribution in [0.3, 0.4) is 0 Å². The molecule has 2 rings (SSSR count). The van der Waals surface area contributed by atoms with Crippen molar-refractivity contribution in [1.82, 2.24) is 4.90 Å². The second kappa shape index (κ2) is 7.29. The summed E-state index contributed by atoms with van der Waals surface area (Å²) in [5, 5.41) is 3.35. The van der Waals surface area contributed by atoms with Gasteiger partial charge >= 0.3 is 142 Å². The van der Waals surface area contributed by atoms with Crippen molar-refractivity contribution in [3.8, 4) is 0 Å². The Labute approximate surface area is 141 Å². The van der Waals surface area contributed by atoms with E-state index in [0.29, 0.717) is 17.2 Å². The van der Waals surface area contributed by atoms with Crippen LogP contribution in [0.15, 0.2) is 30.3 Å². The Morgan fingerprint density at radius 2 is 1.90 bits per heavy atom. The molecular weight excluding hydrogens is 478 g/mol. The number of carbonyl (C=O) groups is 1. The van der Waals surface area contributed by atoms with Crippen molar-refractivity contribution in [2.45, 2.75) is 36.2 Å². The van der Waals surface area contributed by atoms with Crippen molar-refractivity contribution >= 4 is 30.2 Å². The van der Waals surface area contributed by atoms with Crippen LogP contribution in [0.5, 0.6) is 0 Å². The minimum atomic E-state index is -0.548. The van der Waals surface area contributed by atoms with E-state index in [1.165, 1.54) is 12.8 Å². The molecule has 3 nitrogen and oxygen atoms in total. The number of benzene rings is 1. The first kappa shape index (κ1) is 16.3. The van der Waals surface area contributed by atoms with Crippen LogP contribution in [-0.4, -0.2) is 33.4 Å². The number of piperidine rings is 1. The molecular formula is C15H21I2N2O-. The second-order valence-corrected chi connectivity index (χ2v) is 11.1. The summed E-state index contributed by atoms with van der Waals surface area (Å²) in [5.74, 6) is 0.214. The van der Waals surface area contributed by atoms with Gasteiger partial charge in [-0.3, -0.25) is 0 Å². The Morgan fingerprint density at radius 3 is 2.45 bits per heavy atom. The zero-order chi connectivity index (χ0) is 14.6. The van der Waals surface area contributed by atoms with Crippen LogP contribution in [0.1, 0.15) is 26.7 Å². The quantitative estimate of drug-likeness (QED) is 0.478. The number of carbonyl (C=O) groups excluding carboxylic acids is 1. The van der Waals surface area contributed by atoms with Crippen LogP contribution in [0.2, 0.25) is 0 Å². The number of hydrogen-bond acceptors (Lipinski definition) is 2. The zero-order valence-corrected chi connectivity index (χ0v) is 16.2. The number of para-hydroxylation sites is 1. The van der Waals surface area contributed by atoms with E-state index in [4.69, 9.17) is 0 Å². The van der Waals surface area contributed by atoms with Crippen LogP contribution in [0.4, 0.5) is 5.69 Å². The fraction of sp³-hybridized carbons (Fsp3) is 0.533. The van der Waals surface area contributed by atoms with Crippen molar-refractivity contribution < 1.29 is 22.0 Å². The molecule has 1 heterocycles. The van der Waals surface area contributed by atoms with Crippen molar-refractivity contribution in [2.24, 2.45) is 0 Å². The maximum absolute atomic E-state index is 12.7. The van der Waals surface area contributed by atoms with Gasteiger partial charge in [-0.05, 0) is 0 Å². The Morgan fingerprint density at radius 1 is 1.30 bits per heavy atom. The van der Waals surface area contributed by atoms with Gasteiger partial charge in [0.25, 0.3) is 0 Å². The maximum atomic E-state index is 12.7. The summed E-state index contributed by atoms with van der Waals surface area (Å²) in [6.45, 7) is 5.79. The average Bonchev–Trinajstić information content (AvgIpc) is 2.47. The van der Waals surface area contributed by atoms with E-state index in [1.807, 2.05) is 49.1 Å². The molecule has 1 aliphatic heterocycles. The van der Waals surface area contributed by atoms with Gasteiger partial charge in [0, 0.05) is 0 Å². The molecule has 112 valence electrons. The van der Waals surface area contributed by atoms with Gasteiger partial charge in [0.2, 0.25) is 0 Å². The summed E-state index contributed by atoms with van der Waals surface area (Å²) in [6, 6.07) is 9.96. The Balaban J connectivity index is 1.97. The number of likely N-dealkylation sites (tertiary alicyclic amines) is 1. The van der Waals surface area contributed by atoms with Crippen LogP contribution in [-0.2, 0) is 4.79 Å². The van der Waals surface area contributed by atoms with Crippen molar-refractivity contribution in [3.05, 3.63) is 30.3 Å². The fourth-order valence-corrected chi connectivity index (χ4v) is 6.65. The zero-order valence-electron chi connectivity index (χ0n) is 11.9. The van der Waals surface area contributed by atoms with Crippen LogP contribution < -0.4 is 22.5 Å². The van der Waals surface area contributed by atoms with Crippen LogP contribution in [0, 0.1) is 0 Å². The van der Waals surface area contributed by atoms with Crippen molar-refractivity contribution in [3.63, 3.8) is 0 Å². The number of halogens is 2. The van der Waals surface area contributed by atoms with Crippen molar-refractivity contribution in [2.75, 3.05) is 18.4 Å². The Kier molecular flexibility index (Phi) is 5.95. The molecule has 1 aromatic carbocycles. The van der Waals surface area contributed by atoms with Crippen LogP contribution in [0.25, 0.3) is 0 Å². The number of nitrogens with one attached hydrogen (secondary N) is 1. The van der Waals surface area contributed by atoms with Gasteiger partial charge in [0.1, 0.15) is 0 Å². The summed E-state index contributed by atoms with van der Waals surface area (Å²) >= 11 is 2.85. The number of hydrogen-bond donors (Lipinski definition) is 1. The van der Waals surface area contributed by atoms with E-state index in [0.717, 1.165) is 22.7 Å². The molecule has 0 bridgehead atoms. The third-order valence-corrected chi connectivity index (χ3v) is 9.97. The van der Waals surface area contributed by atoms with Gasteiger partial charge in [0.15, 0.2) is 0 Å². The second-order valence-electron chi connectivity index (χ2n) is 5.67. The third kappa shape index (κ3) is 4.22. The standard InChI is InChI=1S/C15H21I2N2O/c1-15(2,18-13-6-4-3-5-7-13)14(20)19-10-8-12(17-16)9-11-19/h3-7,12,18H,8-11H2,1-2H3/q-1. The Hall–Kier alpha value is -0.0500. The van der Waals surface area contributed by atoms with Gasteiger partial charge in [-0.25, -0.2) is 0 Å². The summed E-state index contributed by atoms with van der Waals surface area (Å²) < 4.78 is 0.892. The third-order valence-electron chi connectivity index (χ3n) is 3.59. The molecule has 0 spiro atoms. The van der Waals surface area contributed by atoms with Crippen LogP contribution >= 0.6 is 18.6 Å². The van der Waals surface area contributed by atoms with Crippen molar-refractivity contribution in [1.29, 1.82) is 0 Å². The number of alkyl halides is 1. The van der Waals surface area contributed by atoms with Gasteiger partial charge in [-0.2, -0.15) is 0 Å². The molecule has 1 aromatic rings. The van der Waals surface area contributed by atoms with E-state index in [-0.39, 0.29) is 5.91 Å². The fourth-order valence-electron chi connectivity index (χ4n) is 2.46. The SMILES string of the molecule is CC(C)(Nc1ccccc1)C(=O)N1CCC([I-]I)CC1. The predicted molar refractivity (Wildman–Crippen MR) is 87.8 cm³/mol. The van der Waals surface area contributed by atoms with Gasteiger partial charge in [0.05, 0.1) is 0 Å².